The third-order valence-electron chi connectivity index (χ3n) is 14.4. The Bertz CT molecular complexity index is 2740. The number of benzene rings is 2. The Balaban J connectivity index is 1.17. The lowest BCUT2D eigenvalue weighted by atomic mass is 9.84. The molecule has 8 rings (SSSR count). The average Bonchev–Trinajstić information content (AvgIpc) is 3.73. The van der Waals surface area contributed by atoms with Gasteiger partial charge < -0.3 is 29.4 Å². The van der Waals surface area contributed by atoms with Crippen molar-refractivity contribution in [1.29, 1.82) is 0 Å². The monoisotopic (exact) mass is 968 g/mol. The molecule has 2 aromatic heterocycles. The Morgan fingerprint density at radius 2 is 1.81 bits per heavy atom. The zero-order chi connectivity index (χ0) is 49.7. The number of pyridine rings is 1. The summed E-state index contributed by atoms with van der Waals surface area (Å²) in [5.74, 6) is -2.97. The molecule has 0 saturated carbocycles. The van der Waals surface area contributed by atoms with Gasteiger partial charge in [0.05, 0.1) is 30.0 Å². The van der Waals surface area contributed by atoms with E-state index in [-0.39, 0.29) is 50.4 Å². The molecule has 4 aliphatic heterocycles. The second kappa shape index (κ2) is 19.8. The number of hydrazine groups is 1. The van der Waals surface area contributed by atoms with Crippen LogP contribution in [0.15, 0.2) is 54.7 Å². The minimum absolute atomic E-state index is 0.0264. The van der Waals surface area contributed by atoms with Crippen LogP contribution in [-0.4, -0.2) is 143 Å². The van der Waals surface area contributed by atoms with Gasteiger partial charge in [-0.05, 0) is 111 Å². The van der Waals surface area contributed by atoms with Gasteiger partial charge in [-0.15, -0.1) is 0 Å². The number of esters is 1. The fraction of sp³-hybridized carbons (Fsp3) is 0.549. The molecule has 17 nitrogen and oxygen atoms in total. The number of cyclic esters (lactones) is 1. The summed E-state index contributed by atoms with van der Waals surface area (Å²) in [6.07, 6.45) is 3.22. The molecule has 0 spiro atoms. The van der Waals surface area contributed by atoms with Crippen molar-refractivity contribution >= 4 is 44.6 Å². The second-order valence-corrected chi connectivity index (χ2v) is 22.5. The van der Waals surface area contributed by atoms with Crippen molar-refractivity contribution in [3.63, 3.8) is 0 Å². The summed E-state index contributed by atoms with van der Waals surface area (Å²) in [5, 5.41) is 16.1. The molecule has 18 heteroatoms. The van der Waals surface area contributed by atoms with Gasteiger partial charge in [-0.2, -0.15) is 4.31 Å². The Hall–Kier alpha value is -5.40. The number of methoxy groups -OCH3 is 1. The molecule has 3 N–H and O–H groups in total. The number of phenolic OH excluding ortho intramolecular Hbond substituents is 1. The van der Waals surface area contributed by atoms with Crippen LogP contribution >= 0.6 is 0 Å². The quantitative estimate of drug-likeness (QED) is 0.137. The first-order valence-corrected chi connectivity index (χ1v) is 25.7. The Kier molecular flexibility index (Phi) is 14.3. The molecule has 69 heavy (non-hydrogen) atoms. The lowest BCUT2D eigenvalue weighted by Crippen LogP contribution is -2.62. The van der Waals surface area contributed by atoms with Gasteiger partial charge in [0.25, 0.3) is 5.91 Å². The predicted molar refractivity (Wildman–Crippen MR) is 262 cm³/mol. The predicted octanol–water partition coefficient (Wildman–Crippen LogP) is 4.86. The number of aromatic hydroxyl groups is 1. The minimum atomic E-state index is -3.59. The molecule has 4 aliphatic rings. The number of fused-ring (bicyclic) bond motifs is 6. The van der Waals surface area contributed by atoms with Gasteiger partial charge in [-0.1, -0.05) is 39.8 Å². The normalized spacial score (nSPS) is 24.1. The Morgan fingerprint density at radius 1 is 1.06 bits per heavy atom. The van der Waals surface area contributed by atoms with Crippen molar-refractivity contribution in [2.24, 2.45) is 17.3 Å². The van der Waals surface area contributed by atoms with Gasteiger partial charge in [0.15, 0.2) is 0 Å². The van der Waals surface area contributed by atoms with Crippen molar-refractivity contribution in [3.05, 3.63) is 71.5 Å². The highest BCUT2D eigenvalue weighted by atomic mass is 32.2. The van der Waals surface area contributed by atoms with Crippen molar-refractivity contribution in [2.45, 2.75) is 110 Å². The largest absolute Gasteiger partial charge is 0.508 e. The smallest absolute Gasteiger partial charge is 0.324 e. The molecule has 372 valence electrons. The van der Waals surface area contributed by atoms with Gasteiger partial charge in [-0.25, -0.2) is 13.8 Å². The fourth-order valence-corrected chi connectivity index (χ4v) is 12.5. The zero-order valence-electron chi connectivity index (χ0n) is 41.3. The highest BCUT2D eigenvalue weighted by molar-refractivity contribution is 7.90. The van der Waals surface area contributed by atoms with Gasteiger partial charge >= 0.3 is 5.97 Å². The Morgan fingerprint density at radius 3 is 2.51 bits per heavy atom. The van der Waals surface area contributed by atoms with E-state index in [0.717, 1.165) is 39.0 Å². The van der Waals surface area contributed by atoms with E-state index in [1.807, 2.05) is 39.0 Å². The number of rotatable bonds is 11. The summed E-state index contributed by atoms with van der Waals surface area (Å²) in [6.45, 7) is 13.5. The molecule has 4 aromatic rings. The van der Waals surface area contributed by atoms with Crippen LogP contribution in [0.1, 0.15) is 83.7 Å². The van der Waals surface area contributed by atoms with Crippen molar-refractivity contribution in [3.8, 4) is 28.1 Å². The number of amides is 3. The first-order valence-electron chi connectivity index (χ1n) is 24.2. The van der Waals surface area contributed by atoms with Crippen LogP contribution in [0.5, 0.6) is 5.75 Å². The lowest BCUT2D eigenvalue weighted by Gasteiger charge is -2.37. The summed E-state index contributed by atoms with van der Waals surface area (Å²) < 4.78 is 41.9. The molecule has 3 fully saturated rings. The van der Waals surface area contributed by atoms with Gasteiger partial charge in [-0.3, -0.25) is 34.1 Å². The number of hydrogen-bond acceptors (Lipinski definition) is 12. The van der Waals surface area contributed by atoms with Crippen molar-refractivity contribution < 1.29 is 42.2 Å². The third-order valence-corrected chi connectivity index (χ3v) is 16.6. The molecular formula is C51H68N8O9S. The number of nitrogens with one attached hydrogen (secondary N) is 2. The fourth-order valence-electron chi connectivity index (χ4n) is 10.5. The first-order chi connectivity index (χ1) is 32.7. The molecule has 3 saturated heterocycles. The maximum absolute atomic E-state index is 14.8. The van der Waals surface area contributed by atoms with Gasteiger partial charge in [0.2, 0.25) is 21.8 Å². The van der Waals surface area contributed by atoms with E-state index in [0.29, 0.717) is 49.9 Å². The van der Waals surface area contributed by atoms with Crippen LogP contribution in [0, 0.1) is 17.3 Å². The number of ether oxygens (including phenoxy) is 2. The van der Waals surface area contributed by atoms with Crippen LogP contribution < -0.4 is 10.7 Å². The molecule has 7 atom stereocenters. The van der Waals surface area contributed by atoms with Crippen LogP contribution in [0.25, 0.3) is 33.3 Å². The summed E-state index contributed by atoms with van der Waals surface area (Å²) >= 11 is 0. The molecular weight excluding hydrogens is 901 g/mol. The van der Waals surface area contributed by atoms with E-state index in [4.69, 9.17) is 14.5 Å². The van der Waals surface area contributed by atoms with Crippen LogP contribution in [0.4, 0.5) is 0 Å². The number of carbonyl (C=O) groups excluding carboxylic acids is 4. The summed E-state index contributed by atoms with van der Waals surface area (Å²) in [6, 6.07) is 12.3. The van der Waals surface area contributed by atoms with Crippen molar-refractivity contribution in [2.75, 3.05) is 54.0 Å². The molecule has 2 aromatic carbocycles. The van der Waals surface area contributed by atoms with Gasteiger partial charge in [0, 0.05) is 81.4 Å². The number of sulfonamides is 1. The lowest BCUT2D eigenvalue weighted by molar-refractivity contribution is -0.155. The molecule has 1 unspecified atom stereocenters. The van der Waals surface area contributed by atoms with Crippen molar-refractivity contribution in [1.82, 2.24) is 39.4 Å². The van der Waals surface area contributed by atoms with Crippen LogP contribution in [-0.2, 0) is 58.1 Å². The number of carbonyl (C=O) groups is 4. The third kappa shape index (κ3) is 10.1. The highest BCUT2D eigenvalue weighted by Crippen LogP contribution is 2.42. The topological polar surface area (TPSA) is 196 Å². The van der Waals surface area contributed by atoms with Crippen LogP contribution in [0.3, 0.4) is 0 Å². The molecule has 0 aliphatic carbocycles. The van der Waals surface area contributed by atoms with Crippen LogP contribution in [0.2, 0.25) is 0 Å². The van der Waals surface area contributed by atoms with E-state index < -0.39 is 68.6 Å². The SMILES string of the molecule is CCn1c(-c2cccnc2[C@H](C)OC)c2c3cc(ccc31)-c1cc(O)cc(c1)C[C@H](NC(=O)[C@H](C(C)C)N(C)C(=O)[C@H]1CCN(S(=O)(=O)[C@H]3CN3C)C1)C(=O)N1CCC[C@H](N1)C(=O)OCC(C)(C)C2. The molecule has 3 amide bonds. The van der Waals surface area contributed by atoms with E-state index >= 15 is 0 Å². The van der Waals surface area contributed by atoms with E-state index in [9.17, 15) is 32.7 Å². The summed E-state index contributed by atoms with van der Waals surface area (Å²) in [5.41, 5.74) is 9.43. The number of likely N-dealkylation sites (N-methyl/N-ethyl adjacent to an activating group) is 2. The standard InChI is InChI=1S/C51H68N8O9S/c1-10-58-42-16-15-33-25-38(42)39(46(58)37-13-11-18-52-44(37)31(4)67-9)26-51(5,6)29-68-50(64)40-14-12-19-59(54-40)49(63)41(23-32-21-35(33)24-36(60)22-32)53-47(61)45(30(2)3)56(8)48(62)34-17-20-57(27-34)69(65,66)43-28-55(43)7/h11,13,15-16,18,21-22,24-25,30-31,34,40-41,43,45,54,60H,10,12,14,17,19-20,23,26-29H2,1-9H3,(H,53,61)/t31-,34-,40-,41-,43-,45-,55?/m0/s1. The second-order valence-electron chi connectivity index (χ2n) is 20.5. The summed E-state index contributed by atoms with van der Waals surface area (Å²) in [4.78, 5) is 65.4. The highest BCUT2D eigenvalue weighted by Gasteiger charge is 2.49. The molecule has 6 bridgehead atoms. The average molecular weight is 969 g/mol. The maximum atomic E-state index is 14.8. The molecule has 6 heterocycles. The number of phenols is 1. The number of aromatic nitrogens is 2. The zero-order valence-corrected chi connectivity index (χ0v) is 42.1. The minimum Gasteiger partial charge on any atom is -0.508 e. The summed E-state index contributed by atoms with van der Waals surface area (Å²) in [7, 11) is 1.37. The number of nitrogens with zero attached hydrogens (tertiary/aromatic N) is 6. The van der Waals surface area contributed by atoms with E-state index in [1.165, 1.54) is 14.2 Å². The van der Waals surface area contributed by atoms with E-state index in [2.05, 4.69) is 54.3 Å². The maximum Gasteiger partial charge on any atom is 0.324 e. The molecule has 0 radical (unpaired) electrons. The number of hydrogen-bond donors (Lipinski definition) is 3. The van der Waals surface area contributed by atoms with E-state index in [1.54, 1.807) is 44.4 Å². The first kappa shape index (κ1) is 50.0. The van der Waals surface area contributed by atoms with Gasteiger partial charge in [0.1, 0.15) is 29.2 Å². The Labute approximate surface area is 405 Å². The number of aryl methyl sites for hydroxylation is 1.